The van der Waals surface area contributed by atoms with Gasteiger partial charge < -0.3 is 14.5 Å². The van der Waals surface area contributed by atoms with E-state index in [4.69, 9.17) is 21.2 Å². The van der Waals surface area contributed by atoms with Gasteiger partial charge in [-0.05, 0) is 11.2 Å². The second-order valence-corrected chi connectivity index (χ2v) is 2.36. The molecule has 44 valence electrons. The van der Waals surface area contributed by atoms with Crippen molar-refractivity contribution in [2.75, 3.05) is 13.2 Å². The second kappa shape index (κ2) is 4.75. The van der Waals surface area contributed by atoms with Gasteiger partial charge >= 0.3 is 0 Å². The first-order chi connectivity index (χ1) is 3.27. The molecular weight excluding hydrogens is 138 g/mol. The summed E-state index contributed by atoms with van der Waals surface area (Å²) in [6.45, 7) is -0.00217. The minimum absolute atomic E-state index is 0.103. The molecule has 0 aromatic rings. The van der Waals surface area contributed by atoms with Gasteiger partial charge in [0.25, 0.3) is 7.73 Å². The molecule has 0 saturated carbocycles. The molecule has 1 atom stereocenters. The Labute approximate surface area is 47.6 Å². The van der Waals surface area contributed by atoms with Crippen LogP contribution in [0, 0.1) is 0 Å². The zero-order valence-corrected chi connectivity index (χ0v) is 5.19. The maximum atomic E-state index is 8.18. The Morgan fingerprint density at radius 3 is 2.43 bits per heavy atom. The Bertz CT molecular complexity index is 41.9. The standard InChI is InChI=1S/C2H6ClO3P/c3-7(5)6-2-1-4/h4-5H,1-2H2. The van der Waals surface area contributed by atoms with Crippen molar-refractivity contribution in [3.63, 3.8) is 0 Å². The van der Waals surface area contributed by atoms with Crippen LogP contribution in [0.4, 0.5) is 0 Å². The minimum atomic E-state index is -1.79. The Morgan fingerprint density at radius 2 is 2.29 bits per heavy atom. The summed E-state index contributed by atoms with van der Waals surface area (Å²) in [4.78, 5) is 8.18. The Hall–Kier alpha value is 0.600. The lowest BCUT2D eigenvalue weighted by Gasteiger charge is -1.97. The van der Waals surface area contributed by atoms with Crippen molar-refractivity contribution < 1.29 is 14.5 Å². The first-order valence-electron chi connectivity index (χ1n) is 1.66. The van der Waals surface area contributed by atoms with Crippen LogP contribution in [0.3, 0.4) is 0 Å². The summed E-state index contributed by atoms with van der Waals surface area (Å²) in [5.74, 6) is 0. The summed E-state index contributed by atoms with van der Waals surface area (Å²) in [7, 11) is -1.79. The molecule has 1 unspecified atom stereocenters. The molecule has 0 bridgehead atoms. The van der Waals surface area contributed by atoms with Gasteiger partial charge in [-0.25, -0.2) is 0 Å². The van der Waals surface area contributed by atoms with Gasteiger partial charge in [0.15, 0.2) is 0 Å². The van der Waals surface area contributed by atoms with E-state index in [1.54, 1.807) is 0 Å². The highest BCUT2D eigenvalue weighted by molar-refractivity contribution is 7.75. The van der Waals surface area contributed by atoms with E-state index in [1.165, 1.54) is 0 Å². The average molecular weight is 144 g/mol. The second-order valence-electron chi connectivity index (χ2n) is 0.783. The average Bonchev–Trinajstić information content (AvgIpc) is 1.61. The summed E-state index contributed by atoms with van der Waals surface area (Å²) >= 11 is 4.94. The third-order valence-electron chi connectivity index (χ3n) is 0.289. The van der Waals surface area contributed by atoms with Gasteiger partial charge in [0.05, 0.1) is 13.2 Å². The third-order valence-corrected chi connectivity index (χ3v) is 0.978. The lowest BCUT2D eigenvalue weighted by Crippen LogP contribution is -1.91. The van der Waals surface area contributed by atoms with Crippen molar-refractivity contribution in [3.8, 4) is 0 Å². The largest absolute Gasteiger partial charge is 0.394 e. The van der Waals surface area contributed by atoms with E-state index >= 15 is 0 Å². The van der Waals surface area contributed by atoms with Gasteiger partial charge in [0.1, 0.15) is 0 Å². The molecule has 0 aromatic heterocycles. The van der Waals surface area contributed by atoms with Crippen LogP contribution in [0.1, 0.15) is 0 Å². The van der Waals surface area contributed by atoms with E-state index in [-0.39, 0.29) is 13.2 Å². The fourth-order valence-electron chi connectivity index (χ4n) is 0.116. The van der Waals surface area contributed by atoms with Gasteiger partial charge in [-0.3, -0.25) is 0 Å². The van der Waals surface area contributed by atoms with Gasteiger partial charge in [-0.2, -0.15) is 0 Å². The van der Waals surface area contributed by atoms with Crippen LogP contribution in [-0.2, 0) is 4.52 Å². The SMILES string of the molecule is OCCOP(O)Cl. The molecule has 5 heteroatoms. The maximum Gasteiger partial charge on any atom is 0.274 e. The van der Waals surface area contributed by atoms with E-state index in [9.17, 15) is 0 Å². The highest BCUT2D eigenvalue weighted by Gasteiger charge is 1.94. The van der Waals surface area contributed by atoms with Gasteiger partial charge in [0.2, 0.25) is 0 Å². The molecule has 0 fully saturated rings. The van der Waals surface area contributed by atoms with Crippen molar-refractivity contribution >= 4 is 19.0 Å². The molecular formula is C2H6ClO3P. The van der Waals surface area contributed by atoms with Crippen LogP contribution in [0.25, 0.3) is 0 Å². The van der Waals surface area contributed by atoms with Crippen LogP contribution in [0.2, 0.25) is 0 Å². The first-order valence-corrected chi connectivity index (χ1v) is 3.77. The quantitative estimate of drug-likeness (QED) is 0.566. The molecule has 0 aliphatic heterocycles. The molecule has 0 aliphatic rings. The van der Waals surface area contributed by atoms with Gasteiger partial charge in [-0.1, -0.05) is 0 Å². The molecule has 0 radical (unpaired) electrons. The summed E-state index contributed by atoms with van der Waals surface area (Å²) in [5, 5.41) is 8.03. The fraction of sp³-hybridized carbons (Fsp3) is 1.00. The summed E-state index contributed by atoms with van der Waals surface area (Å²) in [5.41, 5.74) is 0. The van der Waals surface area contributed by atoms with Gasteiger partial charge in [-0.15, -0.1) is 0 Å². The molecule has 0 aliphatic carbocycles. The molecule has 0 heterocycles. The molecule has 0 aromatic carbocycles. The lowest BCUT2D eigenvalue weighted by molar-refractivity contribution is 0.205. The molecule has 0 rings (SSSR count). The topological polar surface area (TPSA) is 49.7 Å². The normalized spacial score (nSPS) is 14.1. The molecule has 0 spiro atoms. The molecule has 2 N–H and O–H groups in total. The van der Waals surface area contributed by atoms with Crippen LogP contribution >= 0.6 is 19.0 Å². The van der Waals surface area contributed by atoms with E-state index in [1.807, 2.05) is 0 Å². The highest BCUT2D eigenvalue weighted by atomic mass is 35.7. The monoisotopic (exact) mass is 144 g/mol. The van der Waals surface area contributed by atoms with E-state index in [2.05, 4.69) is 4.52 Å². The van der Waals surface area contributed by atoms with Crippen molar-refractivity contribution in [2.24, 2.45) is 0 Å². The Kier molecular flexibility index (Phi) is 5.16. The summed E-state index contributed by atoms with van der Waals surface area (Å²) in [6.07, 6.45) is 0. The lowest BCUT2D eigenvalue weighted by atomic mass is 10.8. The number of hydrogen-bond acceptors (Lipinski definition) is 3. The van der Waals surface area contributed by atoms with Crippen molar-refractivity contribution in [1.82, 2.24) is 0 Å². The third kappa shape index (κ3) is 6.60. The smallest absolute Gasteiger partial charge is 0.274 e. The van der Waals surface area contributed by atoms with Crippen molar-refractivity contribution in [2.45, 2.75) is 0 Å². The summed E-state index contributed by atoms with van der Waals surface area (Å²) < 4.78 is 4.33. The Balaban J connectivity index is 2.68. The summed E-state index contributed by atoms with van der Waals surface area (Å²) in [6, 6.07) is 0. The van der Waals surface area contributed by atoms with Crippen molar-refractivity contribution in [1.29, 1.82) is 0 Å². The fourth-order valence-corrected chi connectivity index (χ4v) is 0.555. The van der Waals surface area contributed by atoms with E-state index < -0.39 is 7.73 Å². The Morgan fingerprint density at radius 1 is 1.71 bits per heavy atom. The molecule has 3 nitrogen and oxygen atoms in total. The van der Waals surface area contributed by atoms with E-state index in [0.29, 0.717) is 0 Å². The first kappa shape index (κ1) is 7.60. The maximum absolute atomic E-state index is 8.18. The van der Waals surface area contributed by atoms with Crippen LogP contribution in [0.15, 0.2) is 0 Å². The predicted octanol–water partition coefficient (Wildman–Crippen LogP) is 0.453. The van der Waals surface area contributed by atoms with E-state index in [0.717, 1.165) is 0 Å². The predicted molar refractivity (Wildman–Crippen MR) is 28.0 cm³/mol. The van der Waals surface area contributed by atoms with Crippen LogP contribution in [-0.4, -0.2) is 23.2 Å². The molecule has 7 heavy (non-hydrogen) atoms. The zero-order chi connectivity index (χ0) is 5.70. The van der Waals surface area contributed by atoms with Gasteiger partial charge in [0, 0.05) is 0 Å². The zero-order valence-electron chi connectivity index (χ0n) is 3.54. The number of aliphatic hydroxyl groups is 1. The number of rotatable bonds is 3. The van der Waals surface area contributed by atoms with Crippen LogP contribution in [0.5, 0.6) is 0 Å². The van der Waals surface area contributed by atoms with Crippen LogP contribution < -0.4 is 0 Å². The number of aliphatic hydroxyl groups excluding tert-OH is 1. The minimum Gasteiger partial charge on any atom is -0.394 e. The van der Waals surface area contributed by atoms with Crippen molar-refractivity contribution in [3.05, 3.63) is 0 Å². The molecule has 0 amide bonds. The molecule has 0 saturated heterocycles. The highest BCUT2D eigenvalue weighted by Crippen LogP contribution is 2.36. The number of hydrogen-bond donors (Lipinski definition) is 2. The number of halogens is 1.